The van der Waals surface area contributed by atoms with Crippen LogP contribution in [-0.4, -0.2) is 29.5 Å². The molecule has 0 radical (unpaired) electrons. The summed E-state index contributed by atoms with van der Waals surface area (Å²) in [6.45, 7) is 5.44. The first-order valence-corrected chi connectivity index (χ1v) is 7.10. The molecule has 1 aliphatic rings. The predicted octanol–water partition coefficient (Wildman–Crippen LogP) is 3.11. The molecular formula is C16H23NO4. The Hall–Kier alpha value is -1.75. The van der Waals surface area contributed by atoms with Crippen LogP contribution < -0.4 is 10.1 Å². The largest absolute Gasteiger partial charge is 0.496 e. The second-order valence-corrected chi connectivity index (χ2v) is 6.55. The predicted molar refractivity (Wildman–Crippen MR) is 80.7 cm³/mol. The summed E-state index contributed by atoms with van der Waals surface area (Å²) in [7, 11) is 1.58. The zero-order valence-electron chi connectivity index (χ0n) is 13.0. The molecule has 1 saturated carbocycles. The molecule has 0 bridgehead atoms. The van der Waals surface area contributed by atoms with Crippen LogP contribution in [0, 0.1) is 0 Å². The minimum atomic E-state index is -0.576. The Labute approximate surface area is 125 Å². The summed E-state index contributed by atoms with van der Waals surface area (Å²) >= 11 is 0. The smallest absolute Gasteiger partial charge is 0.412 e. The maximum Gasteiger partial charge on any atom is 0.412 e. The average Bonchev–Trinajstić information content (AvgIpc) is 3.06. The summed E-state index contributed by atoms with van der Waals surface area (Å²) in [5.74, 6) is 0.656. The van der Waals surface area contributed by atoms with Crippen LogP contribution in [0.5, 0.6) is 5.75 Å². The van der Waals surface area contributed by atoms with E-state index in [0.717, 1.165) is 18.4 Å². The normalized spacial score (nSPS) is 16.2. The molecule has 0 saturated heterocycles. The lowest BCUT2D eigenvalue weighted by Crippen LogP contribution is -2.27. The molecule has 1 amide bonds. The van der Waals surface area contributed by atoms with E-state index < -0.39 is 17.3 Å². The number of carbonyl (C=O) groups is 1. The van der Waals surface area contributed by atoms with Gasteiger partial charge in [0, 0.05) is 18.2 Å². The number of ether oxygens (including phenoxy) is 2. The molecule has 0 aromatic heterocycles. The number of methoxy groups -OCH3 is 1. The number of nitrogens with one attached hydrogen (secondary N) is 1. The Morgan fingerprint density at radius 3 is 2.57 bits per heavy atom. The van der Waals surface area contributed by atoms with Gasteiger partial charge >= 0.3 is 6.09 Å². The van der Waals surface area contributed by atoms with Crippen molar-refractivity contribution in [2.45, 2.75) is 51.2 Å². The zero-order valence-corrected chi connectivity index (χ0v) is 13.0. The minimum absolute atomic E-state index is 0.502. The number of anilines is 1. The first-order chi connectivity index (χ1) is 9.71. The highest BCUT2D eigenvalue weighted by Gasteiger charge is 2.40. The quantitative estimate of drug-likeness (QED) is 0.895. The minimum Gasteiger partial charge on any atom is -0.496 e. The highest BCUT2D eigenvalue weighted by atomic mass is 16.6. The number of hydrogen-bond acceptors (Lipinski definition) is 4. The first kappa shape index (κ1) is 15.6. The van der Waals surface area contributed by atoms with Crippen molar-refractivity contribution < 1.29 is 19.4 Å². The SMILES string of the molecule is COc1cc(NC(=O)OC(C)(C)C)ccc1CC1(O)CC1. The molecule has 0 unspecified atom stereocenters. The summed E-state index contributed by atoms with van der Waals surface area (Å²) in [4.78, 5) is 11.7. The number of amides is 1. The maximum atomic E-state index is 11.7. The third-order valence-electron chi connectivity index (χ3n) is 3.28. The number of aliphatic hydroxyl groups is 1. The molecule has 1 aromatic rings. The molecule has 0 spiro atoms. The van der Waals surface area contributed by atoms with Gasteiger partial charge in [0.2, 0.25) is 0 Å². The van der Waals surface area contributed by atoms with Crippen molar-refractivity contribution in [3.63, 3.8) is 0 Å². The van der Waals surface area contributed by atoms with E-state index in [1.165, 1.54) is 0 Å². The molecule has 1 aliphatic carbocycles. The summed E-state index contributed by atoms with van der Waals surface area (Å²) < 4.78 is 10.5. The van der Waals surface area contributed by atoms with Gasteiger partial charge in [-0.1, -0.05) is 6.07 Å². The Bertz CT molecular complexity index is 530. The Morgan fingerprint density at radius 1 is 1.38 bits per heavy atom. The third kappa shape index (κ3) is 4.63. The van der Waals surface area contributed by atoms with Crippen molar-refractivity contribution in [1.29, 1.82) is 0 Å². The van der Waals surface area contributed by atoms with E-state index in [-0.39, 0.29) is 0 Å². The molecule has 2 N–H and O–H groups in total. The van der Waals surface area contributed by atoms with Gasteiger partial charge < -0.3 is 14.6 Å². The van der Waals surface area contributed by atoms with Crippen LogP contribution in [0.2, 0.25) is 0 Å². The first-order valence-electron chi connectivity index (χ1n) is 7.10. The van der Waals surface area contributed by atoms with E-state index in [0.29, 0.717) is 17.9 Å². The van der Waals surface area contributed by atoms with Crippen molar-refractivity contribution in [2.24, 2.45) is 0 Å². The molecular weight excluding hydrogens is 270 g/mol. The van der Waals surface area contributed by atoms with E-state index in [2.05, 4.69) is 5.32 Å². The lowest BCUT2D eigenvalue weighted by molar-refractivity contribution is 0.0636. The van der Waals surface area contributed by atoms with Crippen LogP contribution in [0.25, 0.3) is 0 Å². The molecule has 5 nitrogen and oxygen atoms in total. The van der Waals surface area contributed by atoms with E-state index in [9.17, 15) is 9.90 Å². The Balaban J connectivity index is 2.06. The fourth-order valence-corrected chi connectivity index (χ4v) is 2.07. The van der Waals surface area contributed by atoms with Crippen molar-refractivity contribution in [3.8, 4) is 5.75 Å². The lowest BCUT2D eigenvalue weighted by atomic mass is 10.0. The van der Waals surface area contributed by atoms with Crippen molar-refractivity contribution in [1.82, 2.24) is 0 Å². The van der Waals surface area contributed by atoms with Gasteiger partial charge in [-0.2, -0.15) is 0 Å². The van der Waals surface area contributed by atoms with Gasteiger partial charge in [0.05, 0.1) is 12.7 Å². The second-order valence-electron chi connectivity index (χ2n) is 6.55. The van der Waals surface area contributed by atoms with E-state index in [4.69, 9.17) is 9.47 Å². The van der Waals surface area contributed by atoms with Gasteiger partial charge in [0.1, 0.15) is 11.4 Å². The number of carbonyl (C=O) groups excluding carboxylic acids is 1. The molecule has 2 rings (SSSR count). The standard InChI is InChI=1S/C16H23NO4/c1-15(2,3)21-14(18)17-12-6-5-11(13(9-12)20-4)10-16(19)7-8-16/h5-6,9,19H,7-8,10H2,1-4H3,(H,17,18). The second kappa shape index (κ2) is 5.56. The van der Waals surface area contributed by atoms with Crippen molar-refractivity contribution in [2.75, 3.05) is 12.4 Å². The molecule has 1 fully saturated rings. The van der Waals surface area contributed by atoms with Gasteiger partial charge in [-0.15, -0.1) is 0 Å². The highest BCUT2D eigenvalue weighted by molar-refractivity contribution is 5.85. The van der Waals surface area contributed by atoms with Crippen LogP contribution in [0.3, 0.4) is 0 Å². The highest BCUT2D eigenvalue weighted by Crippen LogP contribution is 2.40. The zero-order chi connectivity index (χ0) is 15.7. The summed E-state index contributed by atoms with van der Waals surface area (Å²) in [5, 5.41) is 12.7. The molecule has 116 valence electrons. The summed E-state index contributed by atoms with van der Waals surface area (Å²) in [6.07, 6.45) is 1.73. The van der Waals surface area contributed by atoms with Crippen LogP contribution in [0.1, 0.15) is 39.2 Å². The Kier molecular flexibility index (Phi) is 4.14. The van der Waals surface area contributed by atoms with Gasteiger partial charge in [0.15, 0.2) is 0 Å². The summed E-state index contributed by atoms with van der Waals surface area (Å²) in [5.41, 5.74) is 0.427. The number of hydrogen-bond donors (Lipinski definition) is 2. The lowest BCUT2D eigenvalue weighted by Gasteiger charge is -2.20. The van der Waals surface area contributed by atoms with Crippen molar-refractivity contribution >= 4 is 11.8 Å². The molecule has 21 heavy (non-hydrogen) atoms. The van der Waals surface area contributed by atoms with Crippen LogP contribution >= 0.6 is 0 Å². The Morgan fingerprint density at radius 2 is 2.05 bits per heavy atom. The number of rotatable bonds is 4. The molecule has 0 aliphatic heterocycles. The molecule has 0 atom stereocenters. The van der Waals surface area contributed by atoms with Gasteiger partial charge in [-0.05, 0) is 45.2 Å². The topological polar surface area (TPSA) is 67.8 Å². The maximum absolute atomic E-state index is 11.7. The fourth-order valence-electron chi connectivity index (χ4n) is 2.07. The molecule has 1 aromatic carbocycles. The molecule has 5 heteroatoms. The summed E-state index contributed by atoms with van der Waals surface area (Å²) in [6, 6.07) is 5.39. The van der Waals surface area contributed by atoms with Gasteiger partial charge in [0.25, 0.3) is 0 Å². The van der Waals surface area contributed by atoms with Crippen LogP contribution in [0.4, 0.5) is 10.5 Å². The van der Waals surface area contributed by atoms with Crippen LogP contribution in [-0.2, 0) is 11.2 Å². The van der Waals surface area contributed by atoms with E-state index >= 15 is 0 Å². The van der Waals surface area contributed by atoms with E-state index in [1.54, 1.807) is 19.2 Å². The van der Waals surface area contributed by atoms with Gasteiger partial charge in [-0.25, -0.2) is 4.79 Å². The molecule has 0 heterocycles. The van der Waals surface area contributed by atoms with E-state index in [1.807, 2.05) is 26.8 Å². The monoisotopic (exact) mass is 293 g/mol. The van der Waals surface area contributed by atoms with Crippen LogP contribution in [0.15, 0.2) is 18.2 Å². The number of benzene rings is 1. The average molecular weight is 293 g/mol. The van der Waals surface area contributed by atoms with Gasteiger partial charge in [-0.3, -0.25) is 5.32 Å². The van der Waals surface area contributed by atoms with Crippen molar-refractivity contribution in [3.05, 3.63) is 23.8 Å². The third-order valence-corrected chi connectivity index (χ3v) is 3.28. The fraction of sp³-hybridized carbons (Fsp3) is 0.562.